The summed E-state index contributed by atoms with van der Waals surface area (Å²) >= 11 is 0. The number of nitrogens with zero attached hydrogens (tertiary/aromatic N) is 2. The van der Waals surface area contributed by atoms with Crippen LogP contribution in [0.4, 0.5) is 0 Å². The van der Waals surface area contributed by atoms with E-state index in [0.29, 0.717) is 0 Å². The Labute approximate surface area is 169 Å². The van der Waals surface area contributed by atoms with Crippen molar-refractivity contribution in [3.05, 3.63) is 96.6 Å². The largest absolute Gasteiger partial charge is 0.309 e. The zero-order valence-electron chi connectivity index (χ0n) is 16.2. The van der Waals surface area contributed by atoms with Gasteiger partial charge in [-0.1, -0.05) is 60.7 Å². The number of rotatable bonds is 2. The molecular formula is C27H20N2. The maximum Gasteiger partial charge on any atom is 0.0727 e. The van der Waals surface area contributed by atoms with E-state index < -0.39 is 0 Å². The Morgan fingerprint density at radius 2 is 1.55 bits per heavy atom. The molecule has 4 aromatic carbocycles. The summed E-state index contributed by atoms with van der Waals surface area (Å²) in [4.78, 5) is 4.48. The van der Waals surface area contributed by atoms with Crippen LogP contribution in [0.2, 0.25) is 0 Å². The zero-order chi connectivity index (χ0) is 19.4. The standard InChI is InChI=1S/C27H20N2/c1-18-22(15-16-28-18)19-11-13-23-20(17-19)12-14-25-24-9-5-6-10-26(24)29(27(23)25)21-7-3-2-4-8-21/h2-18H,1H3. The van der Waals surface area contributed by atoms with Crippen LogP contribution >= 0.6 is 0 Å². The third kappa shape index (κ3) is 2.39. The molecule has 0 spiro atoms. The Kier molecular flexibility index (Phi) is 3.48. The molecule has 0 N–H and O–H groups in total. The third-order valence-corrected chi connectivity index (χ3v) is 6.01. The van der Waals surface area contributed by atoms with Crippen LogP contribution in [0, 0.1) is 0 Å². The van der Waals surface area contributed by atoms with E-state index in [0.717, 1.165) is 0 Å². The summed E-state index contributed by atoms with van der Waals surface area (Å²) in [6.07, 6.45) is 4.05. The maximum atomic E-state index is 4.48. The smallest absolute Gasteiger partial charge is 0.0727 e. The third-order valence-electron chi connectivity index (χ3n) is 6.01. The lowest BCUT2D eigenvalue weighted by atomic mass is 9.97. The Bertz CT molecular complexity index is 1450. The molecule has 0 saturated heterocycles. The highest BCUT2D eigenvalue weighted by Crippen LogP contribution is 2.37. The number of hydrogen-bond donors (Lipinski definition) is 0. The molecule has 2 heteroatoms. The van der Waals surface area contributed by atoms with Crippen molar-refractivity contribution in [2.45, 2.75) is 13.0 Å². The topological polar surface area (TPSA) is 17.3 Å². The van der Waals surface area contributed by atoms with Crippen LogP contribution in [0.5, 0.6) is 0 Å². The van der Waals surface area contributed by atoms with E-state index in [1.807, 2.05) is 6.21 Å². The van der Waals surface area contributed by atoms with Gasteiger partial charge in [-0.15, -0.1) is 0 Å². The van der Waals surface area contributed by atoms with Crippen LogP contribution in [-0.4, -0.2) is 16.8 Å². The first kappa shape index (κ1) is 16.3. The fraction of sp³-hybridized carbons (Fsp3) is 0.0741. The SMILES string of the molecule is CC1N=CC=C1c1ccc2c(ccc3c4ccccc4n(-c4ccccc4)c23)c1. The predicted molar refractivity (Wildman–Crippen MR) is 124 cm³/mol. The fourth-order valence-electron chi connectivity index (χ4n) is 4.62. The van der Waals surface area contributed by atoms with Crippen molar-refractivity contribution in [2.24, 2.45) is 4.99 Å². The van der Waals surface area contributed by atoms with E-state index in [4.69, 9.17) is 0 Å². The van der Waals surface area contributed by atoms with E-state index >= 15 is 0 Å². The number of para-hydroxylation sites is 2. The van der Waals surface area contributed by atoms with Gasteiger partial charge in [0.2, 0.25) is 0 Å². The molecule has 1 atom stereocenters. The average molecular weight is 372 g/mol. The zero-order valence-corrected chi connectivity index (χ0v) is 16.2. The molecule has 1 aliphatic heterocycles. The second-order valence-corrected chi connectivity index (χ2v) is 7.68. The summed E-state index contributed by atoms with van der Waals surface area (Å²) in [6.45, 7) is 2.15. The molecule has 29 heavy (non-hydrogen) atoms. The molecule has 6 rings (SSSR count). The van der Waals surface area contributed by atoms with E-state index in [2.05, 4.69) is 107 Å². The van der Waals surface area contributed by atoms with Crippen molar-refractivity contribution in [1.82, 2.24) is 4.57 Å². The number of fused-ring (bicyclic) bond motifs is 5. The van der Waals surface area contributed by atoms with Crippen LogP contribution in [-0.2, 0) is 0 Å². The van der Waals surface area contributed by atoms with Crippen molar-refractivity contribution >= 4 is 44.4 Å². The lowest BCUT2D eigenvalue weighted by molar-refractivity contribution is 0.969. The molecule has 0 saturated carbocycles. The van der Waals surface area contributed by atoms with Gasteiger partial charge in [-0.05, 0) is 53.8 Å². The molecule has 2 heterocycles. The van der Waals surface area contributed by atoms with Crippen molar-refractivity contribution in [1.29, 1.82) is 0 Å². The van der Waals surface area contributed by atoms with Gasteiger partial charge < -0.3 is 4.57 Å². The first-order valence-electron chi connectivity index (χ1n) is 10.1. The fourth-order valence-corrected chi connectivity index (χ4v) is 4.62. The van der Waals surface area contributed by atoms with Gasteiger partial charge >= 0.3 is 0 Å². The lowest BCUT2D eigenvalue weighted by Gasteiger charge is -2.12. The van der Waals surface area contributed by atoms with Gasteiger partial charge in [-0.2, -0.15) is 0 Å². The molecule has 5 aromatic rings. The lowest BCUT2D eigenvalue weighted by Crippen LogP contribution is -1.98. The minimum atomic E-state index is 0.229. The quantitative estimate of drug-likeness (QED) is 0.324. The van der Waals surface area contributed by atoms with Gasteiger partial charge in [-0.25, -0.2) is 0 Å². The summed E-state index contributed by atoms with van der Waals surface area (Å²) in [5, 5.41) is 5.12. The van der Waals surface area contributed by atoms with E-state index in [1.165, 1.54) is 49.4 Å². The highest BCUT2D eigenvalue weighted by Gasteiger charge is 2.17. The maximum absolute atomic E-state index is 4.48. The molecule has 0 fully saturated rings. The normalized spacial score (nSPS) is 16.2. The first-order valence-corrected chi connectivity index (χ1v) is 10.1. The van der Waals surface area contributed by atoms with Crippen molar-refractivity contribution in [3.63, 3.8) is 0 Å². The van der Waals surface area contributed by atoms with Crippen LogP contribution < -0.4 is 0 Å². The number of aromatic nitrogens is 1. The Morgan fingerprint density at radius 3 is 2.38 bits per heavy atom. The predicted octanol–water partition coefficient (Wildman–Crippen LogP) is 6.79. The Morgan fingerprint density at radius 1 is 0.759 bits per heavy atom. The van der Waals surface area contributed by atoms with Crippen molar-refractivity contribution in [2.75, 3.05) is 0 Å². The highest BCUT2D eigenvalue weighted by molar-refractivity contribution is 6.18. The van der Waals surface area contributed by atoms with Gasteiger partial charge in [0, 0.05) is 28.1 Å². The van der Waals surface area contributed by atoms with Crippen LogP contribution in [0.1, 0.15) is 12.5 Å². The minimum Gasteiger partial charge on any atom is -0.309 e. The van der Waals surface area contributed by atoms with Gasteiger partial charge in [0.1, 0.15) is 0 Å². The number of benzene rings is 4. The van der Waals surface area contributed by atoms with Crippen LogP contribution in [0.15, 0.2) is 96.0 Å². The van der Waals surface area contributed by atoms with Crippen molar-refractivity contribution < 1.29 is 0 Å². The van der Waals surface area contributed by atoms with Gasteiger partial charge in [0.25, 0.3) is 0 Å². The number of aliphatic imine (C=N–C) groups is 1. The number of hydrogen-bond acceptors (Lipinski definition) is 1. The summed E-state index contributed by atoms with van der Waals surface area (Å²) in [7, 11) is 0. The van der Waals surface area contributed by atoms with Crippen molar-refractivity contribution in [3.8, 4) is 5.69 Å². The highest BCUT2D eigenvalue weighted by atomic mass is 15.0. The molecule has 138 valence electrons. The van der Waals surface area contributed by atoms with Crippen LogP contribution in [0.25, 0.3) is 43.8 Å². The Balaban J connectivity index is 1.71. The molecule has 1 unspecified atom stereocenters. The monoisotopic (exact) mass is 372 g/mol. The molecule has 0 aliphatic carbocycles. The second kappa shape index (κ2) is 6.18. The van der Waals surface area contributed by atoms with Crippen LogP contribution in [0.3, 0.4) is 0 Å². The number of allylic oxidation sites excluding steroid dienone is 1. The summed E-state index contributed by atoms with van der Waals surface area (Å²) < 4.78 is 2.40. The molecular weight excluding hydrogens is 352 g/mol. The molecule has 0 radical (unpaired) electrons. The summed E-state index contributed by atoms with van der Waals surface area (Å²) in [6, 6.07) is 30.9. The summed E-state index contributed by atoms with van der Waals surface area (Å²) in [5.74, 6) is 0. The second-order valence-electron chi connectivity index (χ2n) is 7.68. The average Bonchev–Trinajstić information content (AvgIpc) is 3.35. The Hall–Kier alpha value is -3.65. The molecule has 0 amide bonds. The summed E-state index contributed by atoms with van der Waals surface area (Å²) in [5.41, 5.74) is 6.24. The van der Waals surface area contributed by atoms with Gasteiger partial charge in [0.15, 0.2) is 0 Å². The minimum absolute atomic E-state index is 0.229. The molecule has 1 aromatic heterocycles. The van der Waals surface area contributed by atoms with E-state index in [-0.39, 0.29) is 6.04 Å². The molecule has 0 bridgehead atoms. The van der Waals surface area contributed by atoms with Gasteiger partial charge in [0.05, 0.1) is 17.1 Å². The van der Waals surface area contributed by atoms with Gasteiger partial charge in [-0.3, -0.25) is 4.99 Å². The molecule has 1 aliphatic rings. The van der Waals surface area contributed by atoms with E-state index in [9.17, 15) is 0 Å². The molecule has 2 nitrogen and oxygen atoms in total. The first-order chi connectivity index (χ1) is 14.3. The van der Waals surface area contributed by atoms with E-state index in [1.54, 1.807) is 0 Å².